The lowest BCUT2D eigenvalue weighted by Crippen LogP contribution is -2.31. The molecule has 11 heteroatoms. The molecule has 200 valence electrons. The van der Waals surface area contributed by atoms with Crippen LogP contribution in [-0.2, 0) is 9.92 Å². The van der Waals surface area contributed by atoms with Crippen LogP contribution in [0.4, 0.5) is 15.8 Å². The van der Waals surface area contributed by atoms with Crippen LogP contribution < -0.4 is 19.5 Å². The van der Waals surface area contributed by atoms with Gasteiger partial charge in [-0.3, -0.25) is 4.98 Å². The first-order valence-corrected chi connectivity index (χ1v) is 13.4. The van der Waals surface area contributed by atoms with Crippen LogP contribution in [0.25, 0.3) is 10.9 Å². The molecule has 0 fully saturated rings. The fraction of sp³-hybridized carbons (Fsp3) is 0.259. The summed E-state index contributed by atoms with van der Waals surface area (Å²) in [5.41, 5.74) is 2.58. The Bertz CT molecular complexity index is 1520. The van der Waals surface area contributed by atoms with Crippen LogP contribution in [-0.4, -0.2) is 46.2 Å². The second-order valence-electron chi connectivity index (χ2n) is 8.64. The maximum absolute atomic E-state index is 14.1. The van der Waals surface area contributed by atoms with Gasteiger partial charge in [0.2, 0.25) is 11.8 Å². The number of hydrogen-bond donors (Lipinski definition) is 3. The molecule has 2 aromatic heterocycles. The van der Waals surface area contributed by atoms with Gasteiger partial charge in [0.15, 0.2) is 0 Å². The quantitative estimate of drug-likeness (QED) is 0.243. The van der Waals surface area contributed by atoms with Gasteiger partial charge in [0.25, 0.3) is 0 Å². The van der Waals surface area contributed by atoms with E-state index in [2.05, 4.69) is 24.4 Å². The van der Waals surface area contributed by atoms with Crippen molar-refractivity contribution < 1.29 is 23.2 Å². The molecule has 0 aliphatic heterocycles. The molecular formula is C27H30FN5O4S. The number of fused-ring (bicyclic) bond motifs is 1. The molecule has 0 aliphatic carbocycles. The number of aromatic nitrogens is 2. The van der Waals surface area contributed by atoms with Crippen LogP contribution >= 0.6 is 0 Å². The van der Waals surface area contributed by atoms with Crippen molar-refractivity contribution in [3.05, 3.63) is 78.4 Å². The topological polar surface area (TPSA) is 118 Å². The van der Waals surface area contributed by atoms with Crippen molar-refractivity contribution in [2.75, 3.05) is 26.1 Å². The first-order valence-electron chi connectivity index (χ1n) is 11.9. The molecule has 4 aromatic rings. The fourth-order valence-electron chi connectivity index (χ4n) is 3.80. The van der Waals surface area contributed by atoms with Crippen molar-refractivity contribution in [2.45, 2.75) is 30.9 Å². The molecule has 9 nitrogen and oxygen atoms in total. The van der Waals surface area contributed by atoms with Gasteiger partial charge in [-0.05, 0) is 61.9 Å². The zero-order valence-corrected chi connectivity index (χ0v) is 22.3. The van der Waals surface area contributed by atoms with E-state index in [1.54, 1.807) is 50.6 Å². The molecule has 2 aromatic carbocycles. The predicted molar refractivity (Wildman–Crippen MR) is 146 cm³/mol. The monoisotopic (exact) mass is 539 g/mol. The summed E-state index contributed by atoms with van der Waals surface area (Å²) in [6.45, 7) is 3.57. The maximum Gasteiger partial charge on any atom is 0.243 e. The SMILES string of the molecule is COc1ccc([C@@H](C)N=S(=O)(NC[C@@H](C)O)c2ccc(Nc3ccnc4c(OC)nc(F)cc34)cc2)cc1. The van der Waals surface area contributed by atoms with Gasteiger partial charge in [-0.25, -0.2) is 13.3 Å². The van der Waals surface area contributed by atoms with Crippen LogP contribution in [0.1, 0.15) is 25.5 Å². The number of pyridine rings is 2. The number of hydrogen-bond acceptors (Lipinski definition) is 8. The Kier molecular flexibility index (Phi) is 8.40. The van der Waals surface area contributed by atoms with Gasteiger partial charge in [-0.1, -0.05) is 12.1 Å². The number of anilines is 2. The molecule has 0 radical (unpaired) electrons. The van der Waals surface area contributed by atoms with Gasteiger partial charge < -0.3 is 19.9 Å². The van der Waals surface area contributed by atoms with E-state index in [1.807, 2.05) is 31.2 Å². The van der Waals surface area contributed by atoms with Crippen molar-refractivity contribution in [2.24, 2.45) is 4.36 Å². The predicted octanol–water partition coefficient (Wildman–Crippen LogP) is 5.00. The molecular weight excluding hydrogens is 509 g/mol. The summed E-state index contributed by atoms with van der Waals surface area (Å²) in [6, 6.07) is 16.9. The van der Waals surface area contributed by atoms with Crippen LogP contribution in [0.2, 0.25) is 0 Å². The number of ether oxygens (including phenoxy) is 2. The van der Waals surface area contributed by atoms with Crippen LogP contribution in [0, 0.1) is 5.95 Å². The molecule has 0 spiro atoms. The smallest absolute Gasteiger partial charge is 0.243 e. The zero-order chi connectivity index (χ0) is 27.3. The second kappa shape index (κ2) is 11.7. The summed E-state index contributed by atoms with van der Waals surface area (Å²) in [5.74, 6) is 0.129. The minimum absolute atomic E-state index is 0.0931. The third kappa shape index (κ3) is 6.18. The van der Waals surface area contributed by atoms with E-state index in [9.17, 15) is 13.7 Å². The van der Waals surface area contributed by atoms with Crippen molar-refractivity contribution in [1.29, 1.82) is 0 Å². The van der Waals surface area contributed by atoms with Crippen LogP contribution in [0.15, 0.2) is 76.1 Å². The summed E-state index contributed by atoms with van der Waals surface area (Å²) >= 11 is 0. The van der Waals surface area contributed by atoms with Gasteiger partial charge >= 0.3 is 0 Å². The third-order valence-corrected chi connectivity index (χ3v) is 7.87. The molecule has 0 bridgehead atoms. The first-order chi connectivity index (χ1) is 18.2. The highest BCUT2D eigenvalue weighted by Gasteiger charge is 2.17. The third-order valence-electron chi connectivity index (χ3n) is 5.79. The molecule has 1 unspecified atom stereocenters. The van der Waals surface area contributed by atoms with Crippen molar-refractivity contribution in [3.63, 3.8) is 0 Å². The lowest BCUT2D eigenvalue weighted by Gasteiger charge is -2.17. The molecule has 0 amide bonds. The lowest BCUT2D eigenvalue weighted by molar-refractivity contribution is 0.199. The summed E-state index contributed by atoms with van der Waals surface area (Å²) in [7, 11) is -0.0902. The van der Waals surface area contributed by atoms with E-state index in [0.717, 1.165) is 11.3 Å². The number of nitrogens with zero attached hydrogens (tertiary/aromatic N) is 3. The Morgan fingerprint density at radius 2 is 1.76 bits per heavy atom. The Labute approximate surface area is 221 Å². The van der Waals surface area contributed by atoms with Crippen molar-refractivity contribution >= 4 is 32.2 Å². The molecule has 38 heavy (non-hydrogen) atoms. The fourth-order valence-corrected chi connectivity index (χ4v) is 5.70. The van der Waals surface area contributed by atoms with E-state index in [-0.39, 0.29) is 12.4 Å². The van der Waals surface area contributed by atoms with Crippen LogP contribution in [0.5, 0.6) is 11.6 Å². The van der Waals surface area contributed by atoms with Crippen LogP contribution in [0.3, 0.4) is 0 Å². The van der Waals surface area contributed by atoms with Gasteiger partial charge in [-0.2, -0.15) is 9.37 Å². The van der Waals surface area contributed by atoms with Crippen molar-refractivity contribution in [1.82, 2.24) is 14.7 Å². The van der Waals surface area contributed by atoms with E-state index in [0.29, 0.717) is 27.2 Å². The minimum Gasteiger partial charge on any atom is -0.497 e. The maximum atomic E-state index is 14.1. The number of methoxy groups -OCH3 is 2. The highest BCUT2D eigenvalue weighted by atomic mass is 32.2. The average Bonchev–Trinajstić information content (AvgIpc) is 2.92. The Balaban J connectivity index is 1.65. The van der Waals surface area contributed by atoms with E-state index >= 15 is 0 Å². The van der Waals surface area contributed by atoms with E-state index in [1.165, 1.54) is 13.2 Å². The summed E-state index contributed by atoms with van der Waals surface area (Å²) < 4.78 is 46.1. The zero-order valence-electron chi connectivity index (χ0n) is 21.5. The molecule has 0 aliphatic rings. The van der Waals surface area contributed by atoms with E-state index < -0.39 is 28.0 Å². The molecule has 3 atom stereocenters. The highest BCUT2D eigenvalue weighted by Crippen LogP contribution is 2.31. The molecule has 3 N–H and O–H groups in total. The first kappa shape index (κ1) is 27.2. The molecule has 2 heterocycles. The molecule has 0 saturated heterocycles. The normalized spacial score (nSPS) is 14.4. The molecule has 0 saturated carbocycles. The number of aliphatic hydroxyl groups is 1. The highest BCUT2D eigenvalue weighted by molar-refractivity contribution is 7.91. The molecule has 4 rings (SSSR count). The summed E-state index contributed by atoms with van der Waals surface area (Å²) in [5, 5.41) is 13.6. The Hall–Kier alpha value is -3.80. The van der Waals surface area contributed by atoms with Gasteiger partial charge in [0, 0.05) is 35.6 Å². The van der Waals surface area contributed by atoms with E-state index in [4.69, 9.17) is 9.47 Å². The lowest BCUT2D eigenvalue weighted by atomic mass is 10.1. The summed E-state index contributed by atoms with van der Waals surface area (Å²) in [6.07, 6.45) is 0.864. The summed E-state index contributed by atoms with van der Waals surface area (Å²) in [4.78, 5) is 8.46. The Morgan fingerprint density at radius 1 is 1.05 bits per heavy atom. The number of benzene rings is 2. The number of rotatable bonds is 10. The number of nitrogens with one attached hydrogen (secondary N) is 2. The van der Waals surface area contributed by atoms with Gasteiger partial charge in [-0.15, -0.1) is 0 Å². The Morgan fingerprint density at radius 3 is 2.39 bits per heavy atom. The second-order valence-corrected chi connectivity index (χ2v) is 10.7. The standard InChI is InChI=1S/C27H30FN5O4S/c1-17(34)16-30-38(35,33-18(2)19-5-9-21(36-3)10-6-19)22-11-7-20(8-12-22)31-24-13-14-29-26-23(24)15-25(28)32-27(26)37-4/h5-15,17-18,34H,16H2,1-4H3,(H,29,31)(H,30,33,35)/t17-,18-,38?/m1/s1. The largest absolute Gasteiger partial charge is 0.497 e. The number of halogens is 1. The minimum atomic E-state index is -3.09. The van der Waals surface area contributed by atoms with Gasteiger partial charge in [0.05, 0.1) is 31.3 Å². The number of aliphatic hydroxyl groups excluding tert-OH is 1. The average molecular weight is 540 g/mol. The van der Waals surface area contributed by atoms with Crippen molar-refractivity contribution in [3.8, 4) is 11.6 Å². The van der Waals surface area contributed by atoms with Gasteiger partial charge in [0.1, 0.15) is 21.2 Å².